The molecule has 0 aliphatic rings. The van der Waals surface area contributed by atoms with Crippen molar-refractivity contribution in [3.63, 3.8) is 0 Å². The van der Waals surface area contributed by atoms with E-state index in [0.29, 0.717) is 24.0 Å². The highest BCUT2D eigenvalue weighted by molar-refractivity contribution is 6.11. The normalized spacial score (nSPS) is 10.7. The number of hydrogen-bond acceptors (Lipinski definition) is 4. The van der Waals surface area contributed by atoms with Crippen LogP contribution in [0.5, 0.6) is 0 Å². The van der Waals surface area contributed by atoms with E-state index in [2.05, 4.69) is 0 Å². The summed E-state index contributed by atoms with van der Waals surface area (Å²) in [7, 11) is 2.68. The van der Waals surface area contributed by atoms with E-state index in [9.17, 15) is 9.59 Å². The monoisotopic (exact) mass is 328 g/mol. The van der Waals surface area contributed by atoms with Gasteiger partial charge in [-0.3, -0.25) is 0 Å². The Balaban J connectivity index is 3.01. The van der Waals surface area contributed by atoms with Gasteiger partial charge in [-0.1, -0.05) is 51.0 Å². The molecule has 0 aliphatic heterocycles. The van der Waals surface area contributed by atoms with E-state index < -0.39 is 11.9 Å². The van der Waals surface area contributed by atoms with Crippen LogP contribution in [0.4, 0.5) is 0 Å². The van der Waals surface area contributed by atoms with Crippen LogP contribution in [-0.2, 0) is 22.3 Å². The Kier molecular flexibility index (Phi) is 5.96. The summed E-state index contributed by atoms with van der Waals surface area (Å²) in [4.78, 5) is 25.0. The van der Waals surface area contributed by atoms with E-state index in [1.54, 1.807) is 0 Å². The average molecular weight is 328 g/mol. The summed E-state index contributed by atoms with van der Waals surface area (Å²) >= 11 is 0. The molecule has 0 aromatic heterocycles. The van der Waals surface area contributed by atoms with Gasteiger partial charge in [-0.15, -0.1) is 0 Å². The minimum absolute atomic E-state index is 0.355. The van der Waals surface area contributed by atoms with Gasteiger partial charge in [0.05, 0.1) is 25.3 Å². The Hall–Kier alpha value is -2.36. The van der Waals surface area contributed by atoms with Crippen molar-refractivity contribution in [2.24, 2.45) is 0 Å². The van der Waals surface area contributed by atoms with Gasteiger partial charge < -0.3 is 9.47 Å². The molecule has 128 valence electrons. The van der Waals surface area contributed by atoms with Crippen LogP contribution in [0.15, 0.2) is 24.3 Å². The number of carbonyl (C=O) groups is 2. The van der Waals surface area contributed by atoms with Gasteiger partial charge in [0.2, 0.25) is 0 Å². The topological polar surface area (TPSA) is 52.6 Å². The summed E-state index contributed by atoms with van der Waals surface area (Å²) in [5, 5.41) is 2.02. The predicted molar refractivity (Wildman–Crippen MR) is 94.6 cm³/mol. The number of methoxy groups -OCH3 is 2. The van der Waals surface area contributed by atoms with E-state index in [4.69, 9.17) is 9.47 Å². The molecule has 0 saturated heterocycles. The lowest BCUT2D eigenvalue weighted by atomic mass is 9.85. The fourth-order valence-corrected chi connectivity index (χ4v) is 3.25. The summed E-state index contributed by atoms with van der Waals surface area (Å²) in [6.45, 7) is 4.10. The number of ether oxygens (including phenoxy) is 2. The van der Waals surface area contributed by atoms with Crippen LogP contribution in [-0.4, -0.2) is 26.2 Å². The molecule has 0 heterocycles. The fraction of sp³-hybridized carbons (Fsp3) is 0.400. The summed E-state index contributed by atoms with van der Waals surface area (Å²) in [5.41, 5.74) is 2.43. The van der Waals surface area contributed by atoms with Crippen molar-refractivity contribution in [2.75, 3.05) is 14.2 Å². The second-order valence-corrected chi connectivity index (χ2v) is 5.74. The quantitative estimate of drug-likeness (QED) is 0.741. The minimum Gasteiger partial charge on any atom is -0.465 e. The molecule has 0 fully saturated rings. The van der Waals surface area contributed by atoms with Crippen molar-refractivity contribution in [2.45, 2.75) is 39.5 Å². The Morgan fingerprint density at radius 3 is 1.46 bits per heavy atom. The third kappa shape index (κ3) is 3.14. The van der Waals surface area contributed by atoms with Crippen molar-refractivity contribution in [1.29, 1.82) is 0 Å². The van der Waals surface area contributed by atoms with Gasteiger partial charge in [-0.25, -0.2) is 9.59 Å². The maximum Gasteiger partial charge on any atom is 0.339 e. The van der Waals surface area contributed by atoms with Crippen molar-refractivity contribution in [1.82, 2.24) is 0 Å². The van der Waals surface area contributed by atoms with E-state index in [0.717, 1.165) is 34.7 Å². The largest absolute Gasteiger partial charge is 0.465 e. The third-order valence-electron chi connectivity index (χ3n) is 4.21. The minimum atomic E-state index is -0.484. The Morgan fingerprint density at radius 2 is 1.17 bits per heavy atom. The molecule has 0 aliphatic carbocycles. The van der Waals surface area contributed by atoms with E-state index in [1.165, 1.54) is 14.2 Å². The lowest BCUT2D eigenvalue weighted by Crippen LogP contribution is -2.18. The Bertz CT molecular complexity index is 697. The Morgan fingerprint density at radius 1 is 0.792 bits per heavy atom. The second-order valence-electron chi connectivity index (χ2n) is 5.74. The summed E-state index contributed by atoms with van der Waals surface area (Å²) in [5.74, 6) is -0.969. The molecule has 0 N–H and O–H groups in total. The lowest BCUT2D eigenvalue weighted by molar-refractivity contribution is 0.0553. The first-order valence-electron chi connectivity index (χ1n) is 8.33. The first-order valence-corrected chi connectivity index (χ1v) is 8.33. The predicted octanol–water partition coefficient (Wildman–Crippen LogP) is 4.32. The van der Waals surface area contributed by atoms with Gasteiger partial charge in [0.15, 0.2) is 0 Å². The molecular formula is C20H24O4. The van der Waals surface area contributed by atoms with E-state index in [1.807, 2.05) is 38.1 Å². The van der Waals surface area contributed by atoms with E-state index in [-0.39, 0.29) is 0 Å². The zero-order chi connectivity index (χ0) is 17.7. The second kappa shape index (κ2) is 7.95. The highest BCUT2D eigenvalue weighted by Crippen LogP contribution is 2.33. The maximum absolute atomic E-state index is 12.5. The molecule has 0 bridgehead atoms. The Labute approximate surface area is 142 Å². The maximum atomic E-state index is 12.5. The number of benzene rings is 2. The van der Waals surface area contributed by atoms with Crippen molar-refractivity contribution in [3.05, 3.63) is 46.5 Å². The molecule has 4 nitrogen and oxygen atoms in total. The third-order valence-corrected chi connectivity index (χ3v) is 4.21. The van der Waals surface area contributed by atoms with Gasteiger partial charge in [0, 0.05) is 0 Å². The molecule has 2 aromatic rings. The van der Waals surface area contributed by atoms with Crippen LogP contribution in [0.3, 0.4) is 0 Å². The standard InChI is InChI=1S/C20H24O4/c1-5-9-15-13-11-7-8-12-14(13)16(10-6-2)18(20(22)24-4)17(15)19(21)23-3/h7-8,11-12H,5-6,9-10H2,1-4H3. The molecule has 4 heteroatoms. The number of aryl methyl sites for hydroxylation is 2. The molecule has 0 spiro atoms. The molecule has 0 unspecified atom stereocenters. The SMILES string of the molecule is CCCc1c(C(=O)OC)c(C(=O)OC)c(CCC)c2ccccc12. The van der Waals surface area contributed by atoms with Crippen LogP contribution in [0.25, 0.3) is 10.8 Å². The smallest absolute Gasteiger partial charge is 0.339 e. The molecule has 0 radical (unpaired) electrons. The molecule has 0 amide bonds. The van der Waals surface area contributed by atoms with E-state index >= 15 is 0 Å². The highest BCUT2D eigenvalue weighted by atomic mass is 16.5. The lowest BCUT2D eigenvalue weighted by Gasteiger charge is -2.19. The molecular weight excluding hydrogens is 304 g/mol. The average Bonchev–Trinajstić information content (AvgIpc) is 2.62. The van der Waals surface area contributed by atoms with Crippen molar-refractivity contribution >= 4 is 22.7 Å². The molecule has 2 aromatic carbocycles. The van der Waals surface area contributed by atoms with Crippen LogP contribution >= 0.6 is 0 Å². The first kappa shape index (κ1) is 18.0. The zero-order valence-corrected chi connectivity index (χ0v) is 14.8. The molecule has 2 rings (SSSR count). The molecule has 0 atom stereocenters. The molecule has 0 saturated carbocycles. The van der Waals surface area contributed by atoms with Gasteiger partial charge in [0.1, 0.15) is 0 Å². The first-order chi connectivity index (χ1) is 11.6. The number of esters is 2. The van der Waals surface area contributed by atoms with Crippen LogP contribution in [0, 0.1) is 0 Å². The van der Waals surface area contributed by atoms with Crippen LogP contribution in [0.1, 0.15) is 58.5 Å². The number of fused-ring (bicyclic) bond motifs is 1. The number of rotatable bonds is 6. The van der Waals surface area contributed by atoms with Crippen molar-refractivity contribution in [3.8, 4) is 0 Å². The van der Waals surface area contributed by atoms with Gasteiger partial charge in [0.25, 0.3) is 0 Å². The summed E-state index contributed by atoms with van der Waals surface area (Å²) < 4.78 is 9.99. The van der Waals surface area contributed by atoms with Crippen LogP contribution in [0.2, 0.25) is 0 Å². The number of carbonyl (C=O) groups excluding carboxylic acids is 2. The van der Waals surface area contributed by atoms with Gasteiger partial charge in [-0.2, -0.15) is 0 Å². The van der Waals surface area contributed by atoms with Gasteiger partial charge >= 0.3 is 11.9 Å². The zero-order valence-electron chi connectivity index (χ0n) is 14.8. The highest BCUT2D eigenvalue weighted by Gasteiger charge is 2.28. The summed E-state index contributed by atoms with van der Waals surface area (Å²) in [6.07, 6.45) is 3.12. The van der Waals surface area contributed by atoms with Gasteiger partial charge in [-0.05, 0) is 34.7 Å². The summed E-state index contributed by atoms with van der Waals surface area (Å²) in [6, 6.07) is 7.92. The van der Waals surface area contributed by atoms with Crippen LogP contribution < -0.4 is 0 Å². The number of hydrogen-bond donors (Lipinski definition) is 0. The van der Waals surface area contributed by atoms with Crippen molar-refractivity contribution < 1.29 is 19.1 Å². The molecule has 24 heavy (non-hydrogen) atoms. The fourth-order valence-electron chi connectivity index (χ4n) is 3.25.